The summed E-state index contributed by atoms with van der Waals surface area (Å²) in [5, 5.41) is 16.9. The van der Waals surface area contributed by atoms with Crippen LogP contribution in [0.15, 0.2) is 78.9 Å². The van der Waals surface area contributed by atoms with Crippen LogP contribution >= 0.6 is 0 Å². The van der Waals surface area contributed by atoms with Gasteiger partial charge < -0.3 is 20.5 Å². The number of carbonyl (C=O) groups is 2. The Hall–Kier alpha value is -4.13. The molecule has 192 valence electrons. The molecule has 1 amide bonds. The number of amides is 1. The normalized spacial score (nSPS) is 19.1. The summed E-state index contributed by atoms with van der Waals surface area (Å²) in [5.74, 6) is -0.351. The lowest BCUT2D eigenvalue weighted by Gasteiger charge is -2.25. The zero-order valence-corrected chi connectivity index (χ0v) is 21.0. The number of benzene rings is 3. The highest BCUT2D eigenvalue weighted by Crippen LogP contribution is 2.39. The van der Waals surface area contributed by atoms with Crippen LogP contribution in [0.25, 0.3) is 11.1 Å². The van der Waals surface area contributed by atoms with Crippen LogP contribution in [-0.4, -0.2) is 46.9 Å². The Labute approximate surface area is 217 Å². The second-order valence-electron chi connectivity index (χ2n) is 9.90. The fourth-order valence-corrected chi connectivity index (χ4v) is 5.02. The number of rotatable bonds is 11. The average molecular weight is 500 g/mol. The molecule has 3 aromatic rings. The number of amidine groups is 1. The first kappa shape index (κ1) is 25.9. The van der Waals surface area contributed by atoms with Crippen LogP contribution in [0, 0.1) is 10.8 Å². The Kier molecular flexibility index (Phi) is 7.92. The molecule has 3 aromatic carbocycles. The minimum atomic E-state index is -0.964. The topological polar surface area (TPSA) is 117 Å². The van der Waals surface area contributed by atoms with E-state index < -0.39 is 11.4 Å². The van der Waals surface area contributed by atoms with Crippen molar-refractivity contribution in [3.05, 3.63) is 90.0 Å². The molecule has 4 rings (SSSR count). The monoisotopic (exact) mass is 499 g/mol. The van der Waals surface area contributed by atoms with E-state index in [1.54, 1.807) is 6.92 Å². The Bertz CT molecular complexity index is 1240. The van der Waals surface area contributed by atoms with Gasteiger partial charge >= 0.3 is 5.97 Å². The fraction of sp³-hybridized carbons (Fsp3) is 0.300. The van der Waals surface area contributed by atoms with Gasteiger partial charge in [0.2, 0.25) is 5.91 Å². The fourth-order valence-electron chi connectivity index (χ4n) is 5.02. The Morgan fingerprint density at radius 1 is 1.05 bits per heavy atom. The molecular formula is C30H33N3O4. The molecule has 1 aliphatic rings. The number of carboxylic acids is 1. The number of aliphatic carboxylic acids is 1. The zero-order chi connectivity index (χ0) is 26.4. The summed E-state index contributed by atoms with van der Waals surface area (Å²) in [7, 11) is 0. The van der Waals surface area contributed by atoms with Crippen molar-refractivity contribution >= 4 is 17.7 Å². The first-order valence-corrected chi connectivity index (χ1v) is 12.5. The molecule has 0 spiro atoms. The van der Waals surface area contributed by atoms with Gasteiger partial charge in [0.1, 0.15) is 18.2 Å². The number of carboxylic acid groups (broad SMARTS) is 1. The number of nitrogen functional groups attached to an aromatic ring is 1. The third kappa shape index (κ3) is 6.36. The predicted octanol–water partition coefficient (Wildman–Crippen LogP) is 4.73. The lowest BCUT2D eigenvalue weighted by Crippen LogP contribution is -2.39. The van der Waals surface area contributed by atoms with E-state index in [0.29, 0.717) is 30.9 Å². The number of nitrogens with two attached hydrogens (primary N) is 1. The molecule has 0 radical (unpaired) electrons. The number of nitrogens with zero attached hydrogens (tertiary/aromatic N) is 1. The maximum atomic E-state index is 13.3. The molecule has 7 heteroatoms. The molecule has 4 N–H and O–H groups in total. The summed E-state index contributed by atoms with van der Waals surface area (Å²) in [6.45, 7) is 2.62. The van der Waals surface area contributed by atoms with Gasteiger partial charge in [-0.1, -0.05) is 73.7 Å². The first-order valence-electron chi connectivity index (χ1n) is 12.5. The highest BCUT2D eigenvalue weighted by Gasteiger charge is 2.49. The van der Waals surface area contributed by atoms with E-state index in [2.05, 4.69) is 12.1 Å². The van der Waals surface area contributed by atoms with Crippen LogP contribution in [0.2, 0.25) is 0 Å². The second-order valence-corrected chi connectivity index (χ2v) is 9.90. The average Bonchev–Trinajstić information content (AvgIpc) is 3.12. The standard InChI is InChI=1S/C30H33N3O4/c1-30(19-27(34)35)18-25(33(29(30)36)17-5-8-21-6-3-2-4-7-21)20-37-26-15-13-23(14-16-26)22-9-11-24(12-10-22)28(31)32/h2-4,6-7,9-16,25H,5,8,17-20H2,1H3,(H3,31,32)(H,34,35)/t25-,30-/m0/s1. The Morgan fingerprint density at radius 2 is 1.68 bits per heavy atom. The van der Waals surface area contributed by atoms with Crippen molar-refractivity contribution in [1.29, 1.82) is 5.41 Å². The molecule has 0 aromatic heterocycles. The number of hydrogen-bond acceptors (Lipinski definition) is 4. The van der Waals surface area contributed by atoms with Gasteiger partial charge in [0.25, 0.3) is 0 Å². The quantitative estimate of drug-likeness (QED) is 0.260. The minimum Gasteiger partial charge on any atom is -0.491 e. The second kappa shape index (κ2) is 11.3. The number of carbonyl (C=O) groups excluding carboxylic acids is 1. The van der Waals surface area contributed by atoms with Crippen LogP contribution in [0.4, 0.5) is 0 Å². The van der Waals surface area contributed by atoms with E-state index in [4.69, 9.17) is 15.9 Å². The van der Waals surface area contributed by atoms with Gasteiger partial charge in [0.05, 0.1) is 17.9 Å². The summed E-state index contributed by atoms with van der Waals surface area (Å²) in [5.41, 5.74) is 8.51. The predicted molar refractivity (Wildman–Crippen MR) is 144 cm³/mol. The van der Waals surface area contributed by atoms with Crippen molar-refractivity contribution in [2.75, 3.05) is 13.2 Å². The molecular weight excluding hydrogens is 466 g/mol. The van der Waals surface area contributed by atoms with E-state index in [1.165, 1.54) is 5.56 Å². The number of hydrogen-bond donors (Lipinski definition) is 3. The van der Waals surface area contributed by atoms with E-state index in [-0.39, 0.29) is 24.2 Å². The van der Waals surface area contributed by atoms with Crippen molar-refractivity contribution < 1.29 is 19.4 Å². The minimum absolute atomic E-state index is 0.0363. The van der Waals surface area contributed by atoms with Gasteiger partial charge in [0.15, 0.2) is 0 Å². The molecule has 7 nitrogen and oxygen atoms in total. The van der Waals surface area contributed by atoms with Gasteiger partial charge in [-0.25, -0.2) is 0 Å². The smallest absolute Gasteiger partial charge is 0.304 e. The molecule has 0 aliphatic carbocycles. The molecule has 0 saturated carbocycles. The summed E-state index contributed by atoms with van der Waals surface area (Å²) < 4.78 is 6.09. The maximum absolute atomic E-state index is 13.3. The van der Waals surface area contributed by atoms with Gasteiger partial charge in [-0.3, -0.25) is 15.0 Å². The van der Waals surface area contributed by atoms with Crippen molar-refractivity contribution in [3.8, 4) is 16.9 Å². The SMILES string of the molecule is C[C@@]1(CC(=O)O)C[C@@H](COc2ccc(-c3ccc(C(=N)N)cc3)cc2)N(CCCc2ccccc2)C1=O. The maximum Gasteiger partial charge on any atom is 0.304 e. The molecule has 37 heavy (non-hydrogen) atoms. The van der Waals surface area contributed by atoms with Gasteiger partial charge in [-0.15, -0.1) is 0 Å². The van der Waals surface area contributed by atoms with Crippen molar-refractivity contribution in [2.24, 2.45) is 11.1 Å². The van der Waals surface area contributed by atoms with Gasteiger partial charge in [-0.05, 0) is 48.1 Å². The first-order chi connectivity index (χ1) is 17.7. The Morgan fingerprint density at radius 3 is 2.27 bits per heavy atom. The summed E-state index contributed by atoms with van der Waals surface area (Å²) in [4.78, 5) is 26.6. The van der Waals surface area contributed by atoms with E-state index >= 15 is 0 Å². The van der Waals surface area contributed by atoms with E-state index in [9.17, 15) is 14.7 Å². The van der Waals surface area contributed by atoms with Crippen LogP contribution in [0.5, 0.6) is 5.75 Å². The van der Waals surface area contributed by atoms with Crippen LogP contribution in [0.3, 0.4) is 0 Å². The van der Waals surface area contributed by atoms with Crippen molar-refractivity contribution in [1.82, 2.24) is 4.90 Å². The van der Waals surface area contributed by atoms with Crippen molar-refractivity contribution in [3.63, 3.8) is 0 Å². The van der Waals surface area contributed by atoms with Crippen LogP contribution in [0.1, 0.15) is 37.3 Å². The third-order valence-corrected chi connectivity index (χ3v) is 6.98. The van der Waals surface area contributed by atoms with Crippen molar-refractivity contribution in [2.45, 2.75) is 38.6 Å². The molecule has 1 aliphatic heterocycles. The van der Waals surface area contributed by atoms with Crippen LogP contribution < -0.4 is 10.5 Å². The lowest BCUT2D eigenvalue weighted by molar-refractivity contribution is -0.146. The van der Waals surface area contributed by atoms with Gasteiger partial charge in [0, 0.05) is 12.1 Å². The summed E-state index contributed by atoms with van der Waals surface area (Å²) in [6.07, 6.45) is 1.91. The number of aryl methyl sites for hydroxylation is 1. The number of nitrogens with one attached hydrogen (secondary N) is 1. The molecule has 1 fully saturated rings. The highest BCUT2D eigenvalue weighted by atomic mass is 16.5. The van der Waals surface area contributed by atoms with Gasteiger partial charge in [-0.2, -0.15) is 0 Å². The van der Waals surface area contributed by atoms with E-state index in [0.717, 1.165) is 24.0 Å². The summed E-state index contributed by atoms with van der Waals surface area (Å²) in [6, 6.07) is 25.1. The molecule has 2 atom stereocenters. The Balaban J connectivity index is 1.41. The number of likely N-dealkylation sites (tertiary alicyclic amines) is 1. The lowest BCUT2D eigenvalue weighted by atomic mass is 9.84. The highest BCUT2D eigenvalue weighted by molar-refractivity contribution is 5.95. The zero-order valence-electron chi connectivity index (χ0n) is 21.0. The molecule has 0 unspecified atom stereocenters. The molecule has 1 saturated heterocycles. The third-order valence-electron chi connectivity index (χ3n) is 6.98. The summed E-state index contributed by atoms with van der Waals surface area (Å²) >= 11 is 0. The van der Waals surface area contributed by atoms with Crippen LogP contribution in [-0.2, 0) is 16.0 Å². The molecule has 0 bridgehead atoms. The number of ether oxygens (including phenoxy) is 1. The van der Waals surface area contributed by atoms with E-state index in [1.807, 2.05) is 71.6 Å². The largest absolute Gasteiger partial charge is 0.491 e. The molecule has 1 heterocycles.